The quantitative estimate of drug-likeness (QED) is 0.663. The van der Waals surface area contributed by atoms with Crippen LogP contribution in [-0.4, -0.2) is 43.3 Å². The molecule has 118 valence electrons. The minimum absolute atomic E-state index is 0.0317. The first-order valence-corrected chi connectivity index (χ1v) is 7.39. The lowest BCUT2D eigenvalue weighted by Gasteiger charge is -2.13. The fourth-order valence-electron chi connectivity index (χ4n) is 2.30. The number of aromatic amines is 1. The molecule has 2 aromatic heterocycles. The van der Waals surface area contributed by atoms with E-state index < -0.39 is 32.3 Å². The van der Waals surface area contributed by atoms with Crippen molar-refractivity contribution in [2.45, 2.75) is 24.9 Å². The average molecular weight is 332 g/mol. The molecule has 2 aromatic rings. The number of ether oxygens (including phenoxy) is 1. The lowest BCUT2D eigenvalue weighted by Crippen LogP contribution is -2.22. The summed E-state index contributed by atoms with van der Waals surface area (Å²) in [6.45, 7) is -0.355. The third-order valence-corrected chi connectivity index (χ3v) is 3.64. The van der Waals surface area contributed by atoms with E-state index in [1.807, 2.05) is 0 Å². The van der Waals surface area contributed by atoms with Crippen LogP contribution in [0, 0.1) is 0 Å². The normalized spacial score (nSPS) is 25.7. The Morgan fingerprint density at radius 2 is 2.45 bits per heavy atom. The largest absolute Gasteiger partial charge is 0.694 e. The van der Waals surface area contributed by atoms with Gasteiger partial charge in [0.05, 0.1) is 6.33 Å². The van der Waals surface area contributed by atoms with Crippen molar-refractivity contribution in [1.82, 2.24) is 19.5 Å². The van der Waals surface area contributed by atoms with Gasteiger partial charge in [0, 0.05) is 11.0 Å². The summed E-state index contributed by atoms with van der Waals surface area (Å²) in [4.78, 5) is 30.5. The summed E-state index contributed by atoms with van der Waals surface area (Å²) >= 11 is 0. The molecule has 10 nitrogen and oxygen atoms in total. The van der Waals surface area contributed by atoms with Gasteiger partial charge in [-0.2, -0.15) is 4.98 Å². The third-order valence-electron chi connectivity index (χ3n) is 3.27. The highest BCUT2D eigenvalue weighted by molar-refractivity contribution is 7.32. The lowest BCUT2D eigenvalue weighted by molar-refractivity contribution is -0.0275. The molecule has 1 aliphatic heterocycles. The number of fused-ring (bicyclic) bond motifs is 1. The molecule has 0 amide bonds. The van der Waals surface area contributed by atoms with Crippen molar-refractivity contribution in [2.75, 3.05) is 12.3 Å². The van der Waals surface area contributed by atoms with Gasteiger partial charge in [0.15, 0.2) is 11.2 Å². The number of nitrogens with zero attached hydrogens (tertiary/aromatic N) is 3. The van der Waals surface area contributed by atoms with Crippen molar-refractivity contribution in [3.63, 3.8) is 0 Å². The maximum Gasteiger partial charge on any atom is 0.694 e. The van der Waals surface area contributed by atoms with E-state index in [4.69, 9.17) is 15.4 Å². The van der Waals surface area contributed by atoms with Crippen molar-refractivity contribution >= 4 is 25.4 Å². The van der Waals surface area contributed by atoms with Gasteiger partial charge in [-0.3, -0.25) is 14.3 Å². The van der Waals surface area contributed by atoms with Crippen molar-refractivity contribution in [2.24, 2.45) is 0 Å². The summed E-state index contributed by atoms with van der Waals surface area (Å²) in [7, 11) is -2.82. The Bertz CT molecular complexity index is 779. The van der Waals surface area contributed by atoms with E-state index in [0.29, 0.717) is 0 Å². The van der Waals surface area contributed by atoms with E-state index in [2.05, 4.69) is 19.5 Å². The zero-order valence-electron chi connectivity index (χ0n) is 11.0. The van der Waals surface area contributed by atoms with Crippen LogP contribution in [0.25, 0.3) is 11.2 Å². The van der Waals surface area contributed by atoms with Gasteiger partial charge < -0.3 is 10.5 Å². The molecule has 12 heteroatoms. The molecule has 3 heterocycles. The van der Waals surface area contributed by atoms with Gasteiger partial charge in [-0.05, 0) is 0 Å². The minimum atomic E-state index is -2.82. The molecule has 0 spiro atoms. The molecule has 3 rings (SSSR count). The second-order valence-corrected chi connectivity index (χ2v) is 5.42. The number of halogens is 1. The van der Waals surface area contributed by atoms with Crippen LogP contribution >= 0.6 is 8.25 Å². The highest BCUT2D eigenvalue weighted by atomic mass is 31.1. The van der Waals surface area contributed by atoms with Crippen LogP contribution in [0.2, 0.25) is 0 Å². The van der Waals surface area contributed by atoms with Gasteiger partial charge >= 0.3 is 8.25 Å². The van der Waals surface area contributed by atoms with Crippen LogP contribution in [0.4, 0.5) is 10.3 Å². The summed E-state index contributed by atoms with van der Waals surface area (Å²) in [6.07, 6.45) is -1.88. The van der Waals surface area contributed by atoms with Gasteiger partial charge in [-0.25, -0.2) is 9.37 Å². The Balaban J connectivity index is 1.86. The van der Waals surface area contributed by atoms with Gasteiger partial charge in [-0.1, -0.05) is 0 Å². The maximum atomic E-state index is 13.9. The topological polar surface area (TPSA) is 145 Å². The second kappa shape index (κ2) is 5.69. The van der Waals surface area contributed by atoms with Crippen LogP contribution in [0.1, 0.15) is 12.6 Å². The highest BCUT2D eigenvalue weighted by Gasteiger charge is 2.39. The Kier molecular flexibility index (Phi) is 3.87. The zero-order chi connectivity index (χ0) is 15.9. The molecular weight excluding hydrogens is 320 g/mol. The van der Waals surface area contributed by atoms with E-state index in [0.717, 1.165) is 0 Å². The third kappa shape index (κ3) is 2.71. The van der Waals surface area contributed by atoms with Crippen LogP contribution in [0.5, 0.6) is 0 Å². The van der Waals surface area contributed by atoms with Crippen molar-refractivity contribution < 1.29 is 23.1 Å². The fraction of sp³-hybridized carbons (Fsp3) is 0.500. The fourth-order valence-corrected chi connectivity index (χ4v) is 2.58. The highest BCUT2D eigenvalue weighted by Crippen LogP contribution is 2.33. The van der Waals surface area contributed by atoms with Crippen LogP contribution in [-0.2, 0) is 13.8 Å². The summed E-state index contributed by atoms with van der Waals surface area (Å²) in [5, 5.41) is 0. The number of alkyl halides is 1. The number of rotatable bonds is 4. The number of hydrogen-bond acceptors (Lipinski definition) is 7. The summed E-state index contributed by atoms with van der Waals surface area (Å²) in [5.74, 6) is -0.0915. The molecule has 1 aliphatic rings. The molecule has 0 aromatic carbocycles. The Hall–Kier alpha value is -1.94. The number of H-pyrrole nitrogens is 1. The Morgan fingerprint density at radius 1 is 1.68 bits per heavy atom. The summed E-state index contributed by atoms with van der Waals surface area (Å²) < 4.78 is 35.7. The molecule has 0 aliphatic carbocycles. The molecule has 1 saturated heterocycles. The average Bonchev–Trinajstić information content (AvgIpc) is 3.00. The predicted octanol–water partition coefficient (Wildman–Crippen LogP) is -0.00630. The molecule has 0 saturated carbocycles. The molecular formula is C10H12FN5O5P+. The number of nitrogens with two attached hydrogens (primary N) is 1. The first kappa shape index (κ1) is 15.0. The first-order valence-electron chi connectivity index (χ1n) is 6.26. The molecule has 0 radical (unpaired) electrons. The minimum Gasteiger partial charge on any atom is -0.369 e. The van der Waals surface area contributed by atoms with E-state index in [1.54, 1.807) is 0 Å². The number of anilines is 1. The van der Waals surface area contributed by atoms with E-state index in [1.165, 1.54) is 10.9 Å². The zero-order valence-corrected chi connectivity index (χ0v) is 11.9. The number of nitrogen functional groups attached to an aromatic ring is 1. The van der Waals surface area contributed by atoms with Crippen LogP contribution in [0.3, 0.4) is 0 Å². The van der Waals surface area contributed by atoms with Crippen molar-refractivity contribution in [3.05, 3.63) is 16.7 Å². The van der Waals surface area contributed by atoms with E-state index in [-0.39, 0.29) is 30.1 Å². The number of aromatic nitrogens is 4. The van der Waals surface area contributed by atoms with Crippen LogP contribution < -0.4 is 11.3 Å². The van der Waals surface area contributed by atoms with Gasteiger partial charge in [-0.15, -0.1) is 9.42 Å². The first-order chi connectivity index (χ1) is 10.5. The summed E-state index contributed by atoms with van der Waals surface area (Å²) in [5.41, 5.74) is 5.21. The van der Waals surface area contributed by atoms with Gasteiger partial charge in [0.25, 0.3) is 5.56 Å². The van der Waals surface area contributed by atoms with Gasteiger partial charge in [0.2, 0.25) is 5.95 Å². The van der Waals surface area contributed by atoms with Gasteiger partial charge in [0.1, 0.15) is 25.1 Å². The monoisotopic (exact) mass is 332 g/mol. The standard InChI is InChI=1S/C10H11FN5O5P/c11-4-1-6(21-5(4)2-20-22(18)19)16-3-13-7-8(16)14-10(12)15-9(7)17/h3-6H,1-2H2,(H3-,12,14,15,17,18,19)/p+1/t4-,5+,6+/m0/s1. The molecule has 4 atom stereocenters. The second-order valence-electron chi connectivity index (χ2n) is 4.69. The lowest BCUT2D eigenvalue weighted by atomic mass is 10.2. The van der Waals surface area contributed by atoms with E-state index in [9.17, 15) is 13.8 Å². The van der Waals surface area contributed by atoms with E-state index >= 15 is 0 Å². The van der Waals surface area contributed by atoms with Crippen molar-refractivity contribution in [3.8, 4) is 0 Å². The van der Waals surface area contributed by atoms with Crippen molar-refractivity contribution in [1.29, 1.82) is 0 Å². The summed E-state index contributed by atoms with van der Waals surface area (Å²) in [6, 6.07) is 0. The smallest absolute Gasteiger partial charge is 0.369 e. The molecule has 4 N–H and O–H groups in total. The SMILES string of the molecule is Nc1nc2c(ncn2[C@H]2C[C@H](F)[C@@H](CO[P+](=O)O)O2)c(=O)[nH]1. The molecule has 0 bridgehead atoms. The molecule has 1 unspecified atom stereocenters. The van der Waals surface area contributed by atoms with Crippen LogP contribution in [0.15, 0.2) is 11.1 Å². The predicted molar refractivity (Wildman–Crippen MR) is 71.8 cm³/mol. The molecule has 22 heavy (non-hydrogen) atoms. The number of hydrogen-bond donors (Lipinski definition) is 3. The maximum absolute atomic E-state index is 13.9. The number of imidazole rings is 1. The Morgan fingerprint density at radius 3 is 3.18 bits per heavy atom. The Labute approximate surface area is 123 Å². The number of nitrogens with one attached hydrogen (secondary N) is 1. The molecule has 1 fully saturated rings.